The highest BCUT2D eigenvalue weighted by molar-refractivity contribution is 5.80. The van der Waals surface area contributed by atoms with E-state index in [1.807, 2.05) is 0 Å². The lowest BCUT2D eigenvalue weighted by molar-refractivity contribution is -0.186. The summed E-state index contributed by atoms with van der Waals surface area (Å²) in [6.07, 6.45) is -2.24. The highest BCUT2D eigenvalue weighted by Gasteiger charge is 2.63. The van der Waals surface area contributed by atoms with E-state index in [2.05, 4.69) is 10.6 Å². The molecule has 0 bridgehead atoms. The van der Waals surface area contributed by atoms with Crippen LogP contribution in [0.1, 0.15) is 25.7 Å². The van der Waals surface area contributed by atoms with Crippen LogP contribution in [0.15, 0.2) is 0 Å². The fourth-order valence-corrected chi connectivity index (χ4v) is 3.05. The van der Waals surface area contributed by atoms with Crippen molar-refractivity contribution < 1.29 is 18.0 Å². The molecule has 1 saturated heterocycles. The van der Waals surface area contributed by atoms with Crippen molar-refractivity contribution in [1.82, 2.24) is 10.6 Å². The fourth-order valence-electron chi connectivity index (χ4n) is 3.05. The molecule has 3 rings (SSSR count). The average Bonchev–Trinajstić information content (AvgIpc) is 2.89. The second-order valence-electron chi connectivity index (χ2n) is 6.20. The molecule has 3 aliphatic rings. The molecule has 18 heavy (non-hydrogen) atoms. The third kappa shape index (κ3) is 1.81. The maximum absolute atomic E-state index is 12.7. The zero-order chi connectivity index (χ0) is 13.0. The van der Waals surface area contributed by atoms with Crippen LogP contribution in [0.3, 0.4) is 0 Å². The van der Waals surface area contributed by atoms with Gasteiger partial charge in [-0.15, -0.1) is 0 Å². The smallest absolute Gasteiger partial charge is 0.355 e. The Hall–Kier alpha value is -0.780. The number of hydrogen-bond acceptors (Lipinski definition) is 2. The van der Waals surface area contributed by atoms with Gasteiger partial charge in [-0.3, -0.25) is 4.79 Å². The predicted molar refractivity (Wildman–Crippen MR) is 58.8 cm³/mol. The van der Waals surface area contributed by atoms with Gasteiger partial charge in [0.1, 0.15) is 0 Å². The second-order valence-corrected chi connectivity index (χ2v) is 6.20. The number of carbonyl (C=O) groups excluding carboxylic acids is 1. The molecule has 0 aromatic carbocycles. The molecule has 1 amide bonds. The summed E-state index contributed by atoms with van der Waals surface area (Å²) >= 11 is 0. The van der Waals surface area contributed by atoms with Crippen LogP contribution < -0.4 is 10.6 Å². The number of hydrogen-bond donors (Lipinski definition) is 2. The van der Waals surface area contributed by atoms with Crippen LogP contribution in [-0.2, 0) is 4.79 Å². The van der Waals surface area contributed by atoms with Gasteiger partial charge >= 0.3 is 6.18 Å². The van der Waals surface area contributed by atoms with E-state index in [1.165, 1.54) is 0 Å². The SMILES string of the molecule is O=C(NCC1(C(F)(F)F)CC1)C1CC2(CNC2)C1. The van der Waals surface area contributed by atoms with Crippen molar-refractivity contribution in [2.45, 2.75) is 31.9 Å². The van der Waals surface area contributed by atoms with Crippen LogP contribution >= 0.6 is 0 Å². The van der Waals surface area contributed by atoms with Gasteiger partial charge in [0.15, 0.2) is 0 Å². The van der Waals surface area contributed by atoms with Gasteiger partial charge < -0.3 is 10.6 Å². The topological polar surface area (TPSA) is 41.1 Å². The lowest BCUT2D eigenvalue weighted by Gasteiger charge is -2.53. The molecule has 2 aliphatic carbocycles. The number of amides is 1. The molecule has 0 radical (unpaired) electrons. The maximum Gasteiger partial charge on any atom is 0.396 e. The van der Waals surface area contributed by atoms with Gasteiger partial charge in [0.2, 0.25) is 5.91 Å². The zero-order valence-electron chi connectivity index (χ0n) is 10.1. The van der Waals surface area contributed by atoms with Crippen molar-refractivity contribution in [3.05, 3.63) is 0 Å². The minimum absolute atomic E-state index is 0.0730. The van der Waals surface area contributed by atoms with Crippen molar-refractivity contribution in [3.63, 3.8) is 0 Å². The van der Waals surface area contributed by atoms with Gasteiger partial charge in [-0.2, -0.15) is 13.2 Å². The van der Waals surface area contributed by atoms with E-state index in [0.717, 1.165) is 25.9 Å². The van der Waals surface area contributed by atoms with E-state index in [-0.39, 0.29) is 36.6 Å². The van der Waals surface area contributed by atoms with E-state index in [1.54, 1.807) is 0 Å². The summed E-state index contributed by atoms with van der Waals surface area (Å²) in [5.74, 6) is -0.265. The van der Waals surface area contributed by atoms with Crippen molar-refractivity contribution in [1.29, 1.82) is 0 Å². The van der Waals surface area contributed by atoms with Gasteiger partial charge in [0.25, 0.3) is 0 Å². The van der Waals surface area contributed by atoms with E-state index in [0.29, 0.717) is 0 Å². The summed E-state index contributed by atoms with van der Waals surface area (Å²) in [6, 6.07) is 0. The van der Waals surface area contributed by atoms with E-state index < -0.39 is 11.6 Å². The van der Waals surface area contributed by atoms with Crippen LogP contribution in [0.2, 0.25) is 0 Å². The molecule has 2 saturated carbocycles. The molecule has 102 valence electrons. The Morgan fingerprint density at radius 3 is 2.28 bits per heavy atom. The van der Waals surface area contributed by atoms with Crippen LogP contribution in [0, 0.1) is 16.7 Å². The minimum atomic E-state index is -4.18. The number of halogens is 3. The summed E-state index contributed by atoms with van der Waals surface area (Å²) in [7, 11) is 0. The van der Waals surface area contributed by atoms with Crippen LogP contribution in [-0.4, -0.2) is 31.7 Å². The van der Waals surface area contributed by atoms with Crippen LogP contribution in [0.4, 0.5) is 13.2 Å². The van der Waals surface area contributed by atoms with Gasteiger partial charge in [0, 0.05) is 25.6 Å². The summed E-state index contributed by atoms with van der Waals surface area (Å²) in [5.41, 5.74) is -1.34. The molecular formula is C12H17F3N2O. The average molecular weight is 262 g/mol. The monoisotopic (exact) mass is 262 g/mol. The summed E-state index contributed by atoms with van der Waals surface area (Å²) in [4.78, 5) is 11.8. The Labute approximate surface area is 103 Å². The minimum Gasteiger partial charge on any atom is -0.355 e. The van der Waals surface area contributed by atoms with Crippen molar-refractivity contribution in [2.75, 3.05) is 19.6 Å². The molecule has 6 heteroatoms. The van der Waals surface area contributed by atoms with Crippen molar-refractivity contribution in [3.8, 4) is 0 Å². The molecule has 1 spiro atoms. The Kier molecular flexibility index (Phi) is 2.47. The normalized spacial score (nSPS) is 28.4. The van der Waals surface area contributed by atoms with Crippen molar-refractivity contribution >= 4 is 5.91 Å². The number of alkyl halides is 3. The second kappa shape index (κ2) is 3.62. The van der Waals surface area contributed by atoms with Gasteiger partial charge in [-0.1, -0.05) is 0 Å². The van der Waals surface area contributed by atoms with Gasteiger partial charge in [-0.25, -0.2) is 0 Å². The largest absolute Gasteiger partial charge is 0.396 e. The van der Waals surface area contributed by atoms with E-state index in [4.69, 9.17) is 0 Å². The van der Waals surface area contributed by atoms with E-state index in [9.17, 15) is 18.0 Å². The molecule has 1 aliphatic heterocycles. The molecule has 1 heterocycles. The number of nitrogens with one attached hydrogen (secondary N) is 2. The highest BCUT2D eigenvalue weighted by Crippen LogP contribution is 2.57. The molecule has 0 atom stereocenters. The van der Waals surface area contributed by atoms with Crippen LogP contribution in [0.25, 0.3) is 0 Å². The summed E-state index contributed by atoms with van der Waals surface area (Å²) in [6.45, 7) is 1.66. The first-order chi connectivity index (χ1) is 8.36. The predicted octanol–water partition coefficient (Wildman–Crippen LogP) is 1.44. The van der Waals surface area contributed by atoms with Gasteiger partial charge in [0.05, 0.1) is 5.41 Å². The lowest BCUT2D eigenvalue weighted by Crippen LogP contribution is -2.62. The third-order valence-corrected chi connectivity index (χ3v) is 4.79. The first-order valence-corrected chi connectivity index (χ1v) is 6.41. The quantitative estimate of drug-likeness (QED) is 0.808. The Bertz CT molecular complexity index is 364. The Morgan fingerprint density at radius 2 is 1.89 bits per heavy atom. The fraction of sp³-hybridized carbons (Fsp3) is 0.917. The lowest BCUT2D eigenvalue weighted by atomic mass is 9.58. The standard InChI is InChI=1S/C12H17F3N2O/c13-12(14,15)11(1-2-11)7-17-9(18)8-3-10(4-8)5-16-6-10/h8,16H,1-7H2,(H,17,18). The Morgan fingerprint density at radius 1 is 1.28 bits per heavy atom. The first kappa shape index (κ1) is 12.3. The number of rotatable bonds is 3. The molecule has 3 fully saturated rings. The number of carbonyl (C=O) groups is 1. The summed E-state index contributed by atoms with van der Waals surface area (Å²) in [5, 5.41) is 5.67. The Balaban J connectivity index is 1.45. The summed E-state index contributed by atoms with van der Waals surface area (Å²) < 4.78 is 38.0. The molecule has 0 aromatic rings. The third-order valence-electron chi connectivity index (χ3n) is 4.79. The first-order valence-electron chi connectivity index (χ1n) is 6.41. The highest BCUT2D eigenvalue weighted by atomic mass is 19.4. The molecule has 3 nitrogen and oxygen atoms in total. The molecular weight excluding hydrogens is 245 g/mol. The van der Waals surface area contributed by atoms with Crippen molar-refractivity contribution in [2.24, 2.45) is 16.7 Å². The van der Waals surface area contributed by atoms with E-state index >= 15 is 0 Å². The molecule has 0 aromatic heterocycles. The zero-order valence-corrected chi connectivity index (χ0v) is 10.1. The molecule has 2 N–H and O–H groups in total. The maximum atomic E-state index is 12.7. The van der Waals surface area contributed by atoms with Gasteiger partial charge in [-0.05, 0) is 31.1 Å². The molecule has 0 unspecified atom stereocenters. The van der Waals surface area contributed by atoms with Crippen LogP contribution in [0.5, 0.6) is 0 Å².